The summed E-state index contributed by atoms with van der Waals surface area (Å²) in [6, 6.07) is 11.6. The lowest BCUT2D eigenvalue weighted by molar-refractivity contribution is 0.199. The number of hydrogen-bond donors (Lipinski definition) is 3. The number of aliphatic hydroxyl groups is 1. The summed E-state index contributed by atoms with van der Waals surface area (Å²) in [6.07, 6.45) is 19.1. The largest absolute Gasteiger partial charge is 0.511 e. The lowest BCUT2D eigenvalue weighted by atomic mass is 9.71. The fourth-order valence-corrected chi connectivity index (χ4v) is 7.84. The maximum Gasteiger partial charge on any atom is 0.128 e. The molecule has 4 aliphatic carbocycles. The van der Waals surface area contributed by atoms with E-state index in [1.54, 1.807) is 12.4 Å². The molecule has 6 rings (SSSR count). The summed E-state index contributed by atoms with van der Waals surface area (Å²) in [6.45, 7) is 19.1. The maximum atomic E-state index is 11.2. The first-order valence-corrected chi connectivity index (χ1v) is 18.6. The van der Waals surface area contributed by atoms with E-state index in [2.05, 4.69) is 86.6 Å². The second-order valence-corrected chi connectivity index (χ2v) is 17.9. The van der Waals surface area contributed by atoms with Crippen LogP contribution in [-0.2, 0) is 10.8 Å². The zero-order valence-electron chi connectivity index (χ0n) is 32.3. The summed E-state index contributed by atoms with van der Waals surface area (Å²) in [5.74, 6) is 1.20. The standard InChI is InChI=1S/C46H55N3O3/c1-44(2,3)37-16-10-13-28(41(37)50)25-47-34-19-31-21-35(48-26-29-14-11-17-38(42(29)51)45(4,5)6)23-33-24-36(22-32(20-34)40(31)33)49-27-30-15-12-18-39(43(30)52)46(7,8)9/h10-17,20,22-23,25-27,31,35,39,50-52H,18-19,21,24H2,1-9H3/b47-25+,48-26+,49-27+. The van der Waals surface area contributed by atoms with Crippen LogP contribution < -0.4 is 0 Å². The molecule has 0 bridgehead atoms. The van der Waals surface area contributed by atoms with Crippen LogP contribution in [0.25, 0.3) is 0 Å². The third-order valence-electron chi connectivity index (χ3n) is 10.7. The molecule has 4 aliphatic rings. The summed E-state index contributed by atoms with van der Waals surface area (Å²) < 4.78 is 0. The molecule has 0 saturated heterocycles. The van der Waals surface area contributed by atoms with Crippen LogP contribution in [0.2, 0.25) is 0 Å². The lowest BCUT2D eigenvalue weighted by Gasteiger charge is -2.36. The normalized spacial score (nSPS) is 22.7. The predicted octanol–water partition coefficient (Wildman–Crippen LogP) is 10.9. The molecule has 0 spiro atoms. The van der Waals surface area contributed by atoms with Crippen molar-refractivity contribution in [3.05, 3.63) is 128 Å². The summed E-state index contributed by atoms with van der Waals surface area (Å²) >= 11 is 0. The molecule has 3 atom stereocenters. The topological polar surface area (TPSA) is 97.8 Å². The number of phenols is 2. The quantitative estimate of drug-likeness (QED) is 0.262. The van der Waals surface area contributed by atoms with E-state index in [-0.39, 0.29) is 45.6 Å². The van der Waals surface area contributed by atoms with Gasteiger partial charge in [-0.3, -0.25) is 15.0 Å². The lowest BCUT2D eigenvalue weighted by Crippen LogP contribution is -2.25. The van der Waals surface area contributed by atoms with Gasteiger partial charge in [-0.25, -0.2) is 0 Å². The predicted molar refractivity (Wildman–Crippen MR) is 216 cm³/mol. The molecule has 6 heteroatoms. The van der Waals surface area contributed by atoms with Gasteiger partial charge < -0.3 is 15.3 Å². The van der Waals surface area contributed by atoms with Gasteiger partial charge in [-0.15, -0.1) is 0 Å². The monoisotopic (exact) mass is 697 g/mol. The fraction of sp³-hybridized carbons (Fsp3) is 0.413. The molecule has 3 unspecified atom stereocenters. The second-order valence-electron chi connectivity index (χ2n) is 17.9. The number of phenolic OH excluding ortho intramolecular Hbond substituents is 2. The Labute approximate surface area is 310 Å². The summed E-state index contributed by atoms with van der Waals surface area (Å²) in [4.78, 5) is 15.0. The molecule has 3 N–H and O–H groups in total. The van der Waals surface area contributed by atoms with Crippen molar-refractivity contribution in [2.24, 2.45) is 32.2 Å². The first-order chi connectivity index (χ1) is 24.4. The third kappa shape index (κ3) is 7.86. The van der Waals surface area contributed by atoms with Crippen LogP contribution in [0.1, 0.15) is 110 Å². The highest BCUT2D eigenvalue weighted by Crippen LogP contribution is 2.47. The molecule has 0 aliphatic heterocycles. The zero-order valence-corrected chi connectivity index (χ0v) is 32.3. The number of para-hydroxylation sites is 2. The molecule has 0 heterocycles. The Kier molecular flexibility index (Phi) is 9.99. The minimum atomic E-state index is -0.194. The van der Waals surface area contributed by atoms with Gasteiger partial charge in [-0.2, -0.15) is 0 Å². The first-order valence-electron chi connectivity index (χ1n) is 18.6. The molecule has 6 nitrogen and oxygen atoms in total. The number of nitrogens with zero attached hydrogens (tertiary/aromatic N) is 3. The SMILES string of the molecule is CC(C)(C)c1cccc(/C=N/C2=CC3=C4C(=CC(/N=C/c5cccc(C(C)(C)C)c5O)CC4C2)CC(/N=C/C2=C(O)C(C(C)(C)C)CC=C2)=C3)c1O. The Bertz CT molecular complexity index is 2030. The molecular weight excluding hydrogens is 643 g/mol. The molecule has 0 fully saturated rings. The van der Waals surface area contributed by atoms with Gasteiger partial charge in [-0.1, -0.05) is 105 Å². The van der Waals surface area contributed by atoms with Gasteiger partial charge in [0.15, 0.2) is 0 Å². The Balaban J connectivity index is 1.36. The average molecular weight is 698 g/mol. The van der Waals surface area contributed by atoms with Gasteiger partial charge >= 0.3 is 0 Å². The van der Waals surface area contributed by atoms with E-state index in [9.17, 15) is 15.3 Å². The van der Waals surface area contributed by atoms with Crippen LogP contribution in [0.3, 0.4) is 0 Å². The van der Waals surface area contributed by atoms with E-state index in [4.69, 9.17) is 15.0 Å². The molecule has 0 amide bonds. The van der Waals surface area contributed by atoms with E-state index in [1.807, 2.05) is 48.7 Å². The number of allylic oxidation sites excluding steroid dienone is 10. The Morgan fingerprint density at radius 3 is 1.94 bits per heavy atom. The molecule has 0 aromatic heterocycles. The van der Waals surface area contributed by atoms with Crippen molar-refractivity contribution in [2.75, 3.05) is 0 Å². The van der Waals surface area contributed by atoms with Gasteiger partial charge in [0.2, 0.25) is 0 Å². The third-order valence-corrected chi connectivity index (χ3v) is 10.7. The molecule has 2 aromatic carbocycles. The maximum absolute atomic E-state index is 11.2. The Morgan fingerprint density at radius 2 is 1.33 bits per heavy atom. The highest BCUT2D eigenvalue weighted by atomic mass is 16.3. The molecular formula is C46H55N3O3. The molecule has 272 valence electrons. The van der Waals surface area contributed by atoms with Crippen molar-refractivity contribution in [1.29, 1.82) is 0 Å². The second kappa shape index (κ2) is 14.0. The summed E-state index contributed by atoms with van der Waals surface area (Å²) in [7, 11) is 0. The number of hydrogen-bond acceptors (Lipinski definition) is 6. The van der Waals surface area contributed by atoms with Crippen LogP contribution in [-0.4, -0.2) is 40.0 Å². The molecule has 52 heavy (non-hydrogen) atoms. The van der Waals surface area contributed by atoms with Gasteiger partial charge in [0.1, 0.15) is 17.3 Å². The van der Waals surface area contributed by atoms with Crippen LogP contribution in [0.4, 0.5) is 0 Å². The van der Waals surface area contributed by atoms with Crippen LogP contribution >= 0.6 is 0 Å². The number of rotatable bonds is 6. The van der Waals surface area contributed by atoms with Crippen LogP contribution in [0.15, 0.2) is 121 Å². The van der Waals surface area contributed by atoms with Crippen LogP contribution in [0, 0.1) is 17.3 Å². The Morgan fingerprint density at radius 1 is 0.731 bits per heavy atom. The summed E-state index contributed by atoms with van der Waals surface area (Å²) in [5, 5.41) is 33.4. The van der Waals surface area contributed by atoms with E-state index < -0.39 is 0 Å². The molecule has 2 aromatic rings. The first kappa shape index (κ1) is 37.1. The van der Waals surface area contributed by atoms with Gasteiger partial charge in [-0.05, 0) is 93.6 Å². The number of aliphatic imine (C=N–C) groups is 3. The van der Waals surface area contributed by atoms with Crippen molar-refractivity contribution < 1.29 is 15.3 Å². The van der Waals surface area contributed by atoms with E-state index in [0.29, 0.717) is 17.7 Å². The van der Waals surface area contributed by atoms with E-state index in [1.165, 1.54) is 11.1 Å². The van der Waals surface area contributed by atoms with Crippen LogP contribution in [0.5, 0.6) is 11.5 Å². The highest BCUT2D eigenvalue weighted by Gasteiger charge is 2.35. The Hall–Kier alpha value is -4.71. The van der Waals surface area contributed by atoms with Crippen molar-refractivity contribution in [1.82, 2.24) is 0 Å². The van der Waals surface area contributed by atoms with E-state index >= 15 is 0 Å². The molecule has 0 saturated carbocycles. The van der Waals surface area contributed by atoms with Crippen molar-refractivity contribution >= 4 is 18.6 Å². The fourth-order valence-electron chi connectivity index (χ4n) is 7.84. The van der Waals surface area contributed by atoms with Gasteiger partial charge in [0.25, 0.3) is 0 Å². The summed E-state index contributed by atoms with van der Waals surface area (Å²) in [5.41, 5.74) is 9.01. The zero-order chi connectivity index (χ0) is 37.6. The minimum absolute atomic E-state index is 0.0442. The average Bonchev–Trinajstić information content (AvgIpc) is 3.05. The number of aromatic hydroxyl groups is 2. The van der Waals surface area contributed by atoms with Crippen molar-refractivity contribution in [2.45, 2.75) is 105 Å². The smallest absolute Gasteiger partial charge is 0.128 e. The van der Waals surface area contributed by atoms with Crippen molar-refractivity contribution in [3.63, 3.8) is 0 Å². The van der Waals surface area contributed by atoms with Gasteiger partial charge in [0, 0.05) is 59.1 Å². The molecule has 0 radical (unpaired) electrons. The number of aliphatic hydroxyl groups excluding tert-OH is 1. The number of benzene rings is 2. The van der Waals surface area contributed by atoms with Crippen molar-refractivity contribution in [3.8, 4) is 11.5 Å². The van der Waals surface area contributed by atoms with E-state index in [0.717, 1.165) is 58.5 Å². The van der Waals surface area contributed by atoms with Gasteiger partial charge in [0.05, 0.1) is 6.04 Å². The minimum Gasteiger partial charge on any atom is -0.511 e. The highest BCUT2D eigenvalue weighted by molar-refractivity contribution is 5.86.